The fraction of sp³-hybridized carbons (Fsp3) is 0.895. The number of likely N-dealkylation sites (tertiary alicyclic amines) is 2. The number of carbonyl (C=O) groups excluding carboxylic acids is 2. The van der Waals surface area contributed by atoms with E-state index in [0.717, 1.165) is 56.6 Å². The maximum Gasteiger partial charge on any atom is 0.232 e. The number of carbonyl (C=O) groups is 2. The quantitative estimate of drug-likeness (QED) is 0.740. The van der Waals surface area contributed by atoms with Crippen LogP contribution < -0.4 is 0 Å². The zero-order valence-electron chi connectivity index (χ0n) is 14.7. The van der Waals surface area contributed by atoms with Crippen molar-refractivity contribution in [3.63, 3.8) is 0 Å². The third-order valence-electron chi connectivity index (χ3n) is 6.21. The molecule has 24 heavy (non-hydrogen) atoms. The van der Waals surface area contributed by atoms with Crippen molar-refractivity contribution in [3.05, 3.63) is 0 Å². The van der Waals surface area contributed by atoms with Gasteiger partial charge in [0.25, 0.3) is 0 Å². The Bertz CT molecular complexity index is 504. The molecule has 2 heterocycles. The highest BCUT2D eigenvalue weighted by Crippen LogP contribution is 2.41. The van der Waals surface area contributed by atoms with Crippen LogP contribution in [-0.4, -0.2) is 59.3 Å². The van der Waals surface area contributed by atoms with Gasteiger partial charge < -0.3 is 9.80 Å². The van der Waals surface area contributed by atoms with Gasteiger partial charge in [-0.25, -0.2) is 0 Å². The van der Waals surface area contributed by atoms with Gasteiger partial charge in [0.1, 0.15) is 0 Å². The molecule has 2 aliphatic heterocycles. The summed E-state index contributed by atoms with van der Waals surface area (Å²) < 4.78 is 0. The molecular weight excluding hydrogens is 320 g/mol. The van der Waals surface area contributed by atoms with E-state index in [1.165, 1.54) is 32.1 Å². The smallest absolute Gasteiger partial charge is 0.232 e. The van der Waals surface area contributed by atoms with Crippen LogP contribution in [0.3, 0.4) is 0 Å². The zero-order chi connectivity index (χ0) is 16.6. The van der Waals surface area contributed by atoms with Crippen LogP contribution in [0.4, 0.5) is 0 Å². The molecule has 2 saturated heterocycles. The molecule has 0 N–H and O–H groups in total. The molecule has 5 heteroatoms. The molecule has 4 rings (SSSR count). The second-order valence-electron chi connectivity index (χ2n) is 8.59. The Morgan fingerprint density at radius 3 is 2.67 bits per heavy atom. The van der Waals surface area contributed by atoms with Gasteiger partial charge in [-0.15, -0.1) is 0 Å². The molecule has 0 unspecified atom stereocenters. The summed E-state index contributed by atoms with van der Waals surface area (Å²) in [6, 6.07) is 0. The van der Waals surface area contributed by atoms with E-state index in [-0.39, 0.29) is 5.41 Å². The lowest BCUT2D eigenvalue weighted by atomic mass is 9.73. The van der Waals surface area contributed by atoms with Crippen LogP contribution in [0.15, 0.2) is 0 Å². The molecule has 0 radical (unpaired) electrons. The third-order valence-corrected chi connectivity index (χ3v) is 7.37. The Hall–Kier alpha value is -0.710. The largest absolute Gasteiger partial charge is 0.342 e. The fourth-order valence-electron chi connectivity index (χ4n) is 4.32. The Kier molecular flexibility index (Phi) is 4.81. The molecule has 2 amide bonds. The van der Waals surface area contributed by atoms with Gasteiger partial charge in [0.15, 0.2) is 0 Å². The molecule has 134 valence electrons. The van der Waals surface area contributed by atoms with E-state index in [2.05, 4.69) is 9.80 Å². The van der Waals surface area contributed by atoms with Crippen LogP contribution in [0, 0.1) is 17.3 Å². The van der Waals surface area contributed by atoms with Gasteiger partial charge in [-0.05, 0) is 62.5 Å². The highest BCUT2D eigenvalue weighted by molar-refractivity contribution is 7.99. The molecule has 4 nitrogen and oxygen atoms in total. The van der Waals surface area contributed by atoms with Gasteiger partial charge in [-0.2, -0.15) is 11.8 Å². The van der Waals surface area contributed by atoms with E-state index in [9.17, 15) is 9.59 Å². The first-order valence-corrected chi connectivity index (χ1v) is 10.9. The van der Waals surface area contributed by atoms with E-state index in [0.29, 0.717) is 24.0 Å². The molecule has 4 aliphatic rings. The molecule has 2 aliphatic carbocycles. The van der Waals surface area contributed by atoms with Crippen LogP contribution in [0.25, 0.3) is 0 Å². The van der Waals surface area contributed by atoms with E-state index >= 15 is 0 Å². The average Bonchev–Trinajstić information content (AvgIpc) is 3.47. The first-order chi connectivity index (χ1) is 11.6. The highest BCUT2D eigenvalue weighted by atomic mass is 32.2. The summed E-state index contributed by atoms with van der Waals surface area (Å²) in [5.41, 5.74) is 0.178. The van der Waals surface area contributed by atoms with Crippen LogP contribution in [-0.2, 0) is 9.59 Å². The van der Waals surface area contributed by atoms with E-state index in [1.807, 2.05) is 11.8 Å². The summed E-state index contributed by atoms with van der Waals surface area (Å²) >= 11 is 1.82. The number of nitrogens with zero attached hydrogens (tertiary/aromatic N) is 2. The Morgan fingerprint density at radius 1 is 1.12 bits per heavy atom. The standard InChI is InChI=1S/C19H30N2O2S/c22-17-6-8-19(14-21(17)10-15-2-3-15)7-1-9-20(13-19)18(23)12-24-11-16-4-5-16/h15-16H,1-14H2/t19-/m0/s1. The van der Waals surface area contributed by atoms with Crippen molar-refractivity contribution in [3.8, 4) is 0 Å². The van der Waals surface area contributed by atoms with Crippen molar-refractivity contribution in [2.24, 2.45) is 17.3 Å². The third kappa shape index (κ3) is 4.09. The molecule has 1 spiro atoms. The summed E-state index contributed by atoms with van der Waals surface area (Å²) in [7, 11) is 0. The van der Waals surface area contributed by atoms with Crippen LogP contribution in [0.1, 0.15) is 51.4 Å². The van der Waals surface area contributed by atoms with Crippen LogP contribution in [0.5, 0.6) is 0 Å². The van der Waals surface area contributed by atoms with Gasteiger partial charge in [-0.1, -0.05) is 0 Å². The van der Waals surface area contributed by atoms with E-state index < -0.39 is 0 Å². The predicted molar refractivity (Wildman–Crippen MR) is 96.8 cm³/mol. The first-order valence-electron chi connectivity index (χ1n) is 9.77. The second-order valence-corrected chi connectivity index (χ2v) is 9.63. The number of amides is 2. The van der Waals surface area contributed by atoms with E-state index in [1.54, 1.807) is 0 Å². The van der Waals surface area contributed by atoms with Gasteiger partial charge in [-0.3, -0.25) is 9.59 Å². The number of rotatable bonds is 6. The van der Waals surface area contributed by atoms with Crippen LogP contribution in [0.2, 0.25) is 0 Å². The minimum Gasteiger partial charge on any atom is -0.342 e. The van der Waals surface area contributed by atoms with Crippen molar-refractivity contribution in [1.29, 1.82) is 0 Å². The Morgan fingerprint density at radius 2 is 1.92 bits per heavy atom. The van der Waals surface area contributed by atoms with Crippen molar-refractivity contribution in [2.45, 2.75) is 51.4 Å². The second kappa shape index (κ2) is 6.89. The average molecular weight is 351 g/mol. The van der Waals surface area contributed by atoms with Crippen LogP contribution >= 0.6 is 11.8 Å². The predicted octanol–water partition coefficient (Wildman–Crippen LogP) is 2.77. The van der Waals surface area contributed by atoms with Gasteiger partial charge >= 0.3 is 0 Å². The minimum absolute atomic E-state index is 0.178. The van der Waals surface area contributed by atoms with Crippen molar-refractivity contribution in [2.75, 3.05) is 37.7 Å². The zero-order valence-corrected chi connectivity index (χ0v) is 15.5. The topological polar surface area (TPSA) is 40.6 Å². The Balaban J connectivity index is 1.32. The van der Waals surface area contributed by atoms with Crippen molar-refractivity contribution >= 4 is 23.6 Å². The monoisotopic (exact) mass is 350 g/mol. The summed E-state index contributed by atoms with van der Waals surface area (Å²) in [6.07, 6.45) is 9.25. The van der Waals surface area contributed by atoms with Crippen molar-refractivity contribution in [1.82, 2.24) is 9.80 Å². The Labute approximate surface area is 149 Å². The number of hydrogen-bond acceptors (Lipinski definition) is 3. The lowest BCUT2D eigenvalue weighted by Gasteiger charge is -2.48. The summed E-state index contributed by atoms with van der Waals surface area (Å²) in [4.78, 5) is 29.1. The lowest BCUT2D eigenvalue weighted by Crippen LogP contribution is -2.55. The number of piperidine rings is 2. The number of hydrogen-bond donors (Lipinski definition) is 0. The molecule has 2 saturated carbocycles. The summed E-state index contributed by atoms with van der Waals surface area (Å²) in [6.45, 7) is 3.65. The summed E-state index contributed by atoms with van der Waals surface area (Å²) in [5.74, 6) is 4.12. The van der Waals surface area contributed by atoms with Gasteiger partial charge in [0.05, 0.1) is 5.75 Å². The molecule has 0 bridgehead atoms. The van der Waals surface area contributed by atoms with Gasteiger partial charge in [0.2, 0.25) is 11.8 Å². The lowest BCUT2D eigenvalue weighted by molar-refractivity contribution is -0.142. The minimum atomic E-state index is 0.178. The van der Waals surface area contributed by atoms with Crippen molar-refractivity contribution < 1.29 is 9.59 Å². The molecule has 0 aromatic rings. The summed E-state index contributed by atoms with van der Waals surface area (Å²) in [5, 5.41) is 0. The fourth-order valence-corrected chi connectivity index (χ4v) is 5.47. The molecule has 4 fully saturated rings. The maximum atomic E-state index is 12.6. The number of thioether (sulfide) groups is 1. The SMILES string of the molecule is O=C(CSCC1CC1)N1CCC[C@]2(CCC(=O)N(CC3CC3)C2)C1. The highest BCUT2D eigenvalue weighted by Gasteiger charge is 2.43. The molecule has 1 atom stereocenters. The first kappa shape index (κ1) is 16.7. The normalized spacial score (nSPS) is 30.9. The van der Waals surface area contributed by atoms with Gasteiger partial charge in [0, 0.05) is 38.0 Å². The molecule has 0 aromatic heterocycles. The van der Waals surface area contributed by atoms with E-state index in [4.69, 9.17) is 0 Å². The molecule has 0 aromatic carbocycles. The molecular formula is C19H30N2O2S. The maximum absolute atomic E-state index is 12.6.